The molecule has 74 valence electrons. The largest absolute Gasteiger partial charge is 0.329 e. The highest BCUT2D eigenvalue weighted by molar-refractivity contribution is 5.79. The fourth-order valence-corrected chi connectivity index (χ4v) is 0.988. The third-order valence-electron chi connectivity index (χ3n) is 1.63. The summed E-state index contributed by atoms with van der Waals surface area (Å²) in [4.78, 5) is 12.9. The molecule has 0 aromatic carbocycles. The van der Waals surface area contributed by atoms with Crippen LogP contribution in [0.2, 0.25) is 0 Å². The van der Waals surface area contributed by atoms with Gasteiger partial charge in [0.1, 0.15) is 0 Å². The first-order chi connectivity index (χ1) is 6.34. The molecule has 1 N–H and O–H groups in total. The molecule has 0 saturated carbocycles. The Kier molecular flexibility index (Phi) is 7.04. The molecule has 0 aromatic rings. The lowest BCUT2D eigenvalue weighted by molar-refractivity contribution is -0.131. The maximum atomic E-state index is 11.1. The average molecular weight is 182 g/mol. The zero-order chi connectivity index (χ0) is 10.1. The molecule has 0 atom stereocenters. The number of rotatable bonds is 1. The van der Waals surface area contributed by atoms with E-state index in [0.29, 0.717) is 13.1 Å². The summed E-state index contributed by atoms with van der Waals surface area (Å²) in [6.45, 7) is 8.50. The summed E-state index contributed by atoms with van der Waals surface area (Å²) in [5.74, 6) is 5.80. The molecule has 1 aliphatic rings. The van der Waals surface area contributed by atoms with Crippen LogP contribution in [0.1, 0.15) is 20.8 Å². The number of nitrogens with one attached hydrogen (secondary N) is 1. The average Bonchev–Trinajstić information content (AvgIpc) is 2.20. The minimum atomic E-state index is 0.152. The highest BCUT2D eigenvalue weighted by Gasteiger charge is 2.15. The van der Waals surface area contributed by atoms with Crippen LogP contribution in [-0.4, -0.2) is 37.0 Å². The summed E-state index contributed by atoms with van der Waals surface area (Å²) < 4.78 is 0. The van der Waals surface area contributed by atoms with E-state index in [9.17, 15) is 4.79 Å². The molecular formula is C10H18N2O. The lowest BCUT2D eigenvalue weighted by atomic mass is 10.3. The molecule has 3 heteroatoms. The van der Waals surface area contributed by atoms with Gasteiger partial charge in [-0.05, 0) is 6.92 Å². The van der Waals surface area contributed by atoms with Crippen molar-refractivity contribution >= 4 is 5.91 Å². The molecule has 0 unspecified atom stereocenters. The topological polar surface area (TPSA) is 32.3 Å². The molecule has 0 radical (unpaired) electrons. The van der Waals surface area contributed by atoms with Crippen LogP contribution in [0.5, 0.6) is 0 Å². The first-order valence-electron chi connectivity index (χ1n) is 4.72. The minimum Gasteiger partial charge on any atom is -0.329 e. The Bertz CT molecular complexity index is 203. The zero-order valence-electron chi connectivity index (χ0n) is 8.68. The number of carbonyl (C=O) groups is 1. The maximum Gasteiger partial charge on any atom is 0.237 e. The monoisotopic (exact) mass is 182 g/mol. The summed E-state index contributed by atoms with van der Waals surface area (Å²) in [6, 6.07) is 0. The van der Waals surface area contributed by atoms with Crippen molar-refractivity contribution in [2.45, 2.75) is 20.8 Å². The lowest BCUT2D eigenvalue weighted by Crippen LogP contribution is -2.48. The van der Waals surface area contributed by atoms with Crippen LogP contribution < -0.4 is 5.32 Å². The van der Waals surface area contributed by atoms with Crippen molar-refractivity contribution in [2.24, 2.45) is 0 Å². The van der Waals surface area contributed by atoms with E-state index in [1.807, 2.05) is 13.8 Å². The Morgan fingerprint density at radius 3 is 2.77 bits per heavy atom. The molecule has 0 aliphatic carbocycles. The van der Waals surface area contributed by atoms with Gasteiger partial charge in [-0.25, -0.2) is 0 Å². The molecule has 1 amide bonds. The smallest absolute Gasteiger partial charge is 0.237 e. The van der Waals surface area contributed by atoms with Crippen LogP contribution in [0.4, 0.5) is 0 Å². The number of hydrogen-bond acceptors (Lipinski definition) is 2. The molecule has 3 nitrogen and oxygen atoms in total. The molecule has 1 aliphatic heterocycles. The molecule has 1 saturated heterocycles. The van der Waals surface area contributed by atoms with Crippen LogP contribution in [0, 0.1) is 11.8 Å². The van der Waals surface area contributed by atoms with Crippen LogP contribution >= 0.6 is 0 Å². The van der Waals surface area contributed by atoms with Gasteiger partial charge in [0.05, 0.1) is 13.1 Å². The van der Waals surface area contributed by atoms with Gasteiger partial charge >= 0.3 is 0 Å². The van der Waals surface area contributed by atoms with Gasteiger partial charge in [-0.1, -0.05) is 19.8 Å². The molecular weight excluding hydrogens is 164 g/mol. The summed E-state index contributed by atoms with van der Waals surface area (Å²) in [5, 5.41) is 3.00. The second-order valence-electron chi connectivity index (χ2n) is 2.42. The van der Waals surface area contributed by atoms with Gasteiger partial charge in [-0.2, -0.15) is 0 Å². The van der Waals surface area contributed by atoms with E-state index in [1.54, 1.807) is 11.8 Å². The van der Waals surface area contributed by atoms with Gasteiger partial charge in [-0.15, -0.1) is 5.92 Å². The minimum absolute atomic E-state index is 0.152. The van der Waals surface area contributed by atoms with E-state index < -0.39 is 0 Å². The van der Waals surface area contributed by atoms with Crippen LogP contribution in [0.25, 0.3) is 0 Å². The quantitative estimate of drug-likeness (QED) is 0.598. The van der Waals surface area contributed by atoms with Crippen molar-refractivity contribution in [3.8, 4) is 11.8 Å². The molecule has 1 heterocycles. The molecule has 0 bridgehead atoms. The third kappa shape index (κ3) is 4.54. The SMILES string of the molecule is CC.CC#CCN1CCNCC1=O. The van der Waals surface area contributed by atoms with Crippen molar-refractivity contribution in [2.75, 3.05) is 26.2 Å². The van der Waals surface area contributed by atoms with E-state index in [2.05, 4.69) is 17.2 Å². The third-order valence-corrected chi connectivity index (χ3v) is 1.63. The van der Waals surface area contributed by atoms with Crippen LogP contribution in [0.15, 0.2) is 0 Å². The fourth-order valence-electron chi connectivity index (χ4n) is 0.988. The second kappa shape index (κ2) is 7.63. The Morgan fingerprint density at radius 1 is 1.54 bits per heavy atom. The van der Waals surface area contributed by atoms with E-state index >= 15 is 0 Å². The van der Waals surface area contributed by atoms with Gasteiger partial charge in [0.25, 0.3) is 0 Å². The molecule has 1 rings (SSSR count). The Morgan fingerprint density at radius 2 is 2.23 bits per heavy atom. The van der Waals surface area contributed by atoms with Crippen molar-refractivity contribution in [1.82, 2.24) is 10.2 Å². The number of carbonyl (C=O) groups excluding carboxylic acids is 1. The van der Waals surface area contributed by atoms with Gasteiger partial charge in [0.15, 0.2) is 0 Å². The van der Waals surface area contributed by atoms with E-state index in [1.165, 1.54) is 0 Å². The Hall–Kier alpha value is -1.01. The zero-order valence-corrected chi connectivity index (χ0v) is 8.68. The Labute approximate surface area is 80.5 Å². The summed E-state index contributed by atoms with van der Waals surface area (Å²) >= 11 is 0. The predicted octanol–water partition coefficient (Wildman–Crippen LogP) is 0.468. The lowest BCUT2D eigenvalue weighted by Gasteiger charge is -2.25. The highest BCUT2D eigenvalue weighted by atomic mass is 16.2. The van der Waals surface area contributed by atoms with Crippen molar-refractivity contribution in [3.05, 3.63) is 0 Å². The van der Waals surface area contributed by atoms with Crippen molar-refractivity contribution in [1.29, 1.82) is 0 Å². The normalized spacial score (nSPS) is 15.3. The van der Waals surface area contributed by atoms with Crippen LogP contribution in [0.3, 0.4) is 0 Å². The summed E-state index contributed by atoms with van der Waals surface area (Å²) in [6.07, 6.45) is 0. The van der Waals surface area contributed by atoms with Gasteiger partial charge in [0.2, 0.25) is 5.91 Å². The van der Waals surface area contributed by atoms with E-state index in [-0.39, 0.29) is 5.91 Å². The first kappa shape index (κ1) is 12.0. The summed E-state index contributed by atoms with van der Waals surface area (Å²) in [7, 11) is 0. The van der Waals surface area contributed by atoms with Gasteiger partial charge in [0, 0.05) is 13.1 Å². The van der Waals surface area contributed by atoms with Crippen LogP contribution in [-0.2, 0) is 4.79 Å². The summed E-state index contributed by atoms with van der Waals surface area (Å²) in [5.41, 5.74) is 0. The predicted molar refractivity (Wildman–Crippen MR) is 54.2 cm³/mol. The number of nitrogens with zero attached hydrogens (tertiary/aromatic N) is 1. The van der Waals surface area contributed by atoms with E-state index in [4.69, 9.17) is 0 Å². The number of hydrogen-bond donors (Lipinski definition) is 1. The van der Waals surface area contributed by atoms with E-state index in [0.717, 1.165) is 13.1 Å². The van der Waals surface area contributed by atoms with Gasteiger partial charge < -0.3 is 10.2 Å². The fraction of sp³-hybridized carbons (Fsp3) is 0.700. The van der Waals surface area contributed by atoms with Crippen molar-refractivity contribution < 1.29 is 4.79 Å². The van der Waals surface area contributed by atoms with Gasteiger partial charge in [-0.3, -0.25) is 4.79 Å². The molecule has 1 fully saturated rings. The van der Waals surface area contributed by atoms with Crippen molar-refractivity contribution in [3.63, 3.8) is 0 Å². The Balaban J connectivity index is 0.000000671. The number of piperazine rings is 1. The molecule has 0 aromatic heterocycles. The molecule has 13 heavy (non-hydrogen) atoms. The first-order valence-corrected chi connectivity index (χ1v) is 4.72. The maximum absolute atomic E-state index is 11.1. The molecule has 0 spiro atoms. The second-order valence-corrected chi connectivity index (χ2v) is 2.42. The standard InChI is InChI=1S/C8H12N2O.C2H6/c1-2-3-5-10-6-4-9-7-8(10)11;1-2/h9H,4-7H2,1H3;1-2H3. The number of amides is 1. The highest BCUT2D eigenvalue weighted by Crippen LogP contribution is 1.91.